The Morgan fingerprint density at radius 3 is 2.56 bits per heavy atom. The largest absolute Gasteiger partial charge is 0.384 e. The van der Waals surface area contributed by atoms with Crippen molar-refractivity contribution in [2.75, 3.05) is 49.2 Å². The summed E-state index contributed by atoms with van der Waals surface area (Å²) >= 11 is 0. The van der Waals surface area contributed by atoms with Crippen molar-refractivity contribution in [3.8, 4) is 22.3 Å². The molecule has 4 heterocycles. The number of nitrogens with one attached hydrogen (secondary N) is 5. The van der Waals surface area contributed by atoms with Crippen molar-refractivity contribution in [1.82, 2.24) is 25.3 Å². The first-order chi connectivity index (χ1) is 20.1. The van der Waals surface area contributed by atoms with E-state index in [9.17, 15) is 4.39 Å². The molecule has 2 aromatic carbocycles. The average Bonchev–Trinajstić information content (AvgIpc) is 3.44. The first-order valence-electron chi connectivity index (χ1n) is 13.9. The van der Waals surface area contributed by atoms with E-state index in [-0.39, 0.29) is 5.82 Å². The minimum atomic E-state index is -0.312. The molecule has 0 spiro atoms. The van der Waals surface area contributed by atoms with Gasteiger partial charge < -0.3 is 26.3 Å². The summed E-state index contributed by atoms with van der Waals surface area (Å²) in [6.07, 6.45) is 10.4. The van der Waals surface area contributed by atoms with Crippen LogP contribution in [0, 0.1) is 5.82 Å². The van der Waals surface area contributed by atoms with Gasteiger partial charge in [0.05, 0.1) is 22.9 Å². The zero-order valence-corrected chi connectivity index (χ0v) is 23.2. The van der Waals surface area contributed by atoms with Gasteiger partial charge in [0, 0.05) is 78.4 Å². The number of benzene rings is 2. The van der Waals surface area contributed by atoms with Gasteiger partial charge in [0.1, 0.15) is 11.6 Å². The third-order valence-electron chi connectivity index (χ3n) is 7.12. The van der Waals surface area contributed by atoms with E-state index in [1.54, 1.807) is 12.4 Å². The fraction of sp³-hybridized carbons (Fsp3) is 0.219. The predicted molar refractivity (Wildman–Crippen MR) is 166 cm³/mol. The third kappa shape index (κ3) is 5.62. The lowest BCUT2D eigenvalue weighted by Gasteiger charge is -2.19. The Hall–Kier alpha value is -4.76. The van der Waals surface area contributed by atoms with Crippen LogP contribution in [0.2, 0.25) is 0 Å². The maximum atomic E-state index is 14.6. The van der Waals surface area contributed by atoms with Crippen molar-refractivity contribution in [2.45, 2.75) is 13.3 Å². The normalized spacial score (nSPS) is 12.5. The molecule has 0 saturated carbocycles. The number of rotatable bonds is 10. The summed E-state index contributed by atoms with van der Waals surface area (Å²) < 4.78 is 14.6. The Bertz CT molecular complexity index is 1720. The molecule has 0 fully saturated rings. The van der Waals surface area contributed by atoms with Crippen LogP contribution < -0.4 is 21.3 Å². The molecule has 0 saturated heterocycles. The number of aromatic nitrogens is 4. The molecule has 5 aromatic rings. The van der Waals surface area contributed by atoms with Crippen molar-refractivity contribution in [3.05, 3.63) is 90.5 Å². The smallest absolute Gasteiger partial charge is 0.138 e. The number of hydrogen-bond donors (Lipinski definition) is 5. The van der Waals surface area contributed by atoms with Gasteiger partial charge in [0.25, 0.3) is 0 Å². The van der Waals surface area contributed by atoms with Gasteiger partial charge in [0.15, 0.2) is 0 Å². The van der Waals surface area contributed by atoms with Crippen LogP contribution in [0.5, 0.6) is 0 Å². The maximum absolute atomic E-state index is 14.6. The second-order valence-corrected chi connectivity index (χ2v) is 10.1. The van der Waals surface area contributed by atoms with Crippen LogP contribution in [0.4, 0.5) is 21.5 Å². The minimum Gasteiger partial charge on any atom is -0.384 e. The van der Waals surface area contributed by atoms with Gasteiger partial charge in [-0.05, 0) is 61.0 Å². The van der Waals surface area contributed by atoms with Gasteiger partial charge in [0.2, 0.25) is 0 Å². The highest BCUT2D eigenvalue weighted by molar-refractivity contribution is 5.96. The second-order valence-electron chi connectivity index (χ2n) is 10.1. The molecule has 8 nitrogen and oxygen atoms in total. The third-order valence-corrected chi connectivity index (χ3v) is 7.12. The monoisotopic (exact) mass is 548 g/mol. The number of hydrogen-bond acceptors (Lipinski definition) is 7. The fourth-order valence-corrected chi connectivity index (χ4v) is 5.11. The summed E-state index contributed by atoms with van der Waals surface area (Å²) in [4.78, 5) is 17.4. The molecule has 0 unspecified atom stereocenters. The van der Waals surface area contributed by atoms with Crippen LogP contribution in [0.1, 0.15) is 24.7 Å². The predicted octanol–water partition coefficient (Wildman–Crippen LogP) is 6.14. The van der Waals surface area contributed by atoms with E-state index in [0.717, 1.165) is 81.1 Å². The lowest BCUT2D eigenvalue weighted by atomic mass is 9.95. The molecule has 0 radical (unpaired) electrons. The Kier molecular flexibility index (Phi) is 7.60. The number of fused-ring (bicyclic) bond motifs is 2. The van der Waals surface area contributed by atoms with Crippen LogP contribution in [-0.4, -0.2) is 53.2 Å². The first kappa shape index (κ1) is 26.5. The molecule has 0 amide bonds. The summed E-state index contributed by atoms with van der Waals surface area (Å²) in [6, 6.07) is 13.5. The number of likely N-dealkylation sites (N-methyl/N-ethyl adjacent to an activating group) is 1. The summed E-state index contributed by atoms with van der Waals surface area (Å²) in [5, 5.41) is 13.2. The van der Waals surface area contributed by atoms with Crippen LogP contribution in [0.25, 0.3) is 38.9 Å². The summed E-state index contributed by atoms with van der Waals surface area (Å²) in [5.41, 5.74) is 9.97. The number of aromatic amines is 1. The Balaban J connectivity index is 1.36. The van der Waals surface area contributed by atoms with Gasteiger partial charge in [-0.1, -0.05) is 19.1 Å². The van der Waals surface area contributed by atoms with Crippen LogP contribution >= 0.6 is 0 Å². The van der Waals surface area contributed by atoms with Crippen LogP contribution in [0.3, 0.4) is 0 Å². The van der Waals surface area contributed by atoms with Gasteiger partial charge >= 0.3 is 0 Å². The highest BCUT2D eigenvalue weighted by Gasteiger charge is 2.20. The van der Waals surface area contributed by atoms with Gasteiger partial charge in [-0.2, -0.15) is 0 Å². The number of imidazole rings is 1. The van der Waals surface area contributed by atoms with E-state index in [0.29, 0.717) is 18.8 Å². The van der Waals surface area contributed by atoms with E-state index < -0.39 is 0 Å². The molecular formula is C32H33FN8. The van der Waals surface area contributed by atoms with Crippen molar-refractivity contribution in [1.29, 1.82) is 0 Å². The molecule has 0 aliphatic carbocycles. The Morgan fingerprint density at radius 2 is 1.68 bits per heavy atom. The van der Waals surface area contributed by atoms with Gasteiger partial charge in [-0.15, -0.1) is 0 Å². The van der Waals surface area contributed by atoms with Crippen LogP contribution in [0.15, 0.2) is 73.3 Å². The summed E-state index contributed by atoms with van der Waals surface area (Å²) in [6.45, 7) is 5.20. The zero-order valence-electron chi connectivity index (χ0n) is 23.2. The Labute approximate surface area is 238 Å². The van der Waals surface area contributed by atoms with Crippen LogP contribution in [-0.2, 0) is 0 Å². The number of nitrogens with zero attached hydrogens (tertiary/aromatic N) is 3. The molecule has 0 bridgehead atoms. The molecule has 6 rings (SSSR count). The van der Waals surface area contributed by atoms with Gasteiger partial charge in [-0.3, -0.25) is 9.97 Å². The lowest BCUT2D eigenvalue weighted by Crippen LogP contribution is -2.17. The molecule has 3 aromatic heterocycles. The number of anilines is 3. The highest BCUT2D eigenvalue weighted by Crippen LogP contribution is 2.37. The minimum absolute atomic E-state index is 0.312. The van der Waals surface area contributed by atoms with Crippen molar-refractivity contribution in [2.24, 2.45) is 0 Å². The molecular weight excluding hydrogens is 515 g/mol. The molecule has 5 N–H and O–H groups in total. The molecule has 0 atom stereocenters. The van der Waals surface area contributed by atoms with Crippen molar-refractivity contribution < 1.29 is 4.39 Å². The van der Waals surface area contributed by atoms with Crippen molar-refractivity contribution in [3.63, 3.8) is 0 Å². The van der Waals surface area contributed by atoms with E-state index in [4.69, 9.17) is 4.98 Å². The lowest BCUT2D eigenvalue weighted by molar-refractivity contribution is 0.628. The first-order valence-corrected chi connectivity index (χ1v) is 13.9. The summed E-state index contributed by atoms with van der Waals surface area (Å²) in [5.74, 6) is 0.433. The van der Waals surface area contributed by atoms with Gasteiger partial charge in [-0.25, -0.2) is 9.37 Å². The number of halogens is 1. The molecule has 1 aliphatic heterocycles. The number of pyridine rings is 2. The standard InChI is InChI=1S/C32H33FN8/c1-3-7-37-25-13-22(16-35-17-25)20-4-5-29-27(14-20)26(6-8-39-29)32-40-30-19-36-18-28(31(30)41-32)21-11-23(33)15-24(12-21)38-10-9-34-2/h4-6,11-19,34,37-39H,3,7-10H2,1-2H3,(H,40,41). The van der Waals surface area contributed by atoms with Crippen molar-refractivity contribution >= 4 is 33.7 Å². The van der Waals surface area contributed by atoms with E-state index >= 15 is 0 Å². The fourth-order valence-electron chi connectivity index (χ4n) is 5.11. The summed E-state index contributed by atoms with van der Waals surface area (Å²) in [7, 11) is 1.89. The second kappa shape index (κ2) is 11.8. The van der Waals surface area contributed by atoms with E-state index in [1.807, 2.05) is 25.5 Å². The van der Waals surface area contributed by atoms with E-state index in [1.165, 1.54) is 12.1 Å². The molecule has 208 valence electrons. The SMILES string of the molecule is CCCNc1cncc(-c2ccc3c(c2)C(c2nc4c(-c5cc(F)cc(NCCNC)c5)cncc4[nH]2)=CCN3)c1. The molecule has 9 heteroatoms. The quantitative estimate of drug-likeness (QED) is 0.134. The molecule has 1 aliphatic rings. The maximum Gasteiger partial charge on any atom is 0.138 e. The van der Waals surface area contributed by atoms with E-state index in [2.05, 4.69) is 73.5 Å². The zero-order chi connectivity index (χ0) is 28.2. The number of H-pyrrole nitrogens is 1. The average molecular weight is 549 g/mol. The Morgan fingerprint density at radius 1 is 0.829 bits per heavy atom. The molecule has 41 heavy (non-hydrogen) atoms. The topological polar surface area (TPSA) is 103 Å². The highest BCUT2D eigenvalue weighted by atomic mass is 19.1.